The molecule has 2 rings (SSSR count). The van der Waals surface area contributed by atoms with E-state index in [4.69, 9.17) is 44.3 Å². The lowest BCUT2D eigenvalue weighted by molar-refractivity contribution is -0.134. The Hall–Kier alpha value is -1.88. The van der Waals surface area contributed by atoms with Crippen molar-refractivity contribution in [2.24, 2.45) is 0 Å². The van der Waals surface area contributed by atoms with Crippen LogP contribution in [0, 0.1) is 0 Å². The van der Waals surface area contributed by atoms with Crippen molar-refractivity contribution < 1.29 is 19.0 Å². The number of esters is 1. The molecule has 0 heterocycles. The van der Waals surface area contributed by atoms with Gasteiger partial charge in [0.25, 0.3) is 0 Å². The second-order valence-electron chi connectivity index (χ2n) is 4.92. The van der Waals surface area contributed by atoms with Gasteiger partial charge >= 0.3 is 5.97 Å². The van der Waals surface area contributed by atoms with Gasteiger partial charge in [0, 0.05) is 21.7 Å². The summed E-state index contributed by atoms with van der Waals surface area (Å²) in [7, 11) is 2.81. The summed E-state index contributed by atoms with van der Waals surface area (Å²) in [6.45, 7) is 0.198. The van der Waals surface area contributed by atoms with Gasteiger partial charge in [-0.1, -0.05) is 40.9 Å². The molecule has 0 saturated heterocycles. The predicted molar refractivity (Wildman–Crippen MR) is 99.8 cm³/mol. The largest absolute Gasteiger partial charge is 0.493 e. The summed E-state index contributed by atoms with van der Waals surface area (Å²) < 4.78 is 15.6. The van der Waals surface area contributed by atoms with Crippen LogP contribution in [-0.4, -0.2) is 20.2 Å². The molecule has 2 aromatic carbocycles. The normalized spacial score (nSPS) is 10.8. The molecule has 132 valence electrons. The minimum atomic E-state index is -0.465. The van der Waals surface area contributed by atoms with Crippen molar-refractivity contribution >= 4 is 46.8 Å². The molecule has 0 saturated carbocycles. The van der Waals surface area contributed by atoms with E-state index in [9.17, 15) is 4.79 Å². The van der Waals surface area contributed by atoms with Gasteiger partial charge in [-0.15, -0.1) is 0 Å². The van der Waals surface area contributed by atoms with Crippen LogP contribution in [0.2, 0.25) is 15.1 Å². The maximum Gasteiger partial charge on any atom is 0.330 e. The van der Waals surface area contributed by atoms with E-state index in [1.165, 1.54) is 20.3 Å². The lowest BCUT2D eigenvalue weighted by Crippen LogP contribution is -2.00. The first-order valence-electron chi connectivity index (χ1n) is 7.15. The van der Waals surface area contributed by atoms with Crippen molar-refractivity contribution in [3.63, 3.8) is 0 Å². The van der Waals surface area contributed by atoms with E-state index < -0.39 is 5.97 Å². The fourth-order valence-electron chi connectivity index (χ4n) is 2.00. The Bertz CT molecular complexity index is 803. The molecule has 0 unspecified atom stereocenters. The number of hydrogen-bond acceptors (Lipinski definition) is 4. The molecule has 0 N–H and O–H groups in total. The lowest BCUT2D eigenvalue weighted by Gasteiger charge is -2.14. The van der Waals surface area contributed by atoms with Crippen molar-refractivity contribution in [2.45, 2.75) is 6.61 Å². The predicted octanol–water partition coefficient (Wildman–Crippen LogP) is 5.42. The van der Waals surface area contributed by atoms with Crippen molar-refractivity contribution in [3.05, 3.63) is 62.6 Å². The van der Waals surface area contributed by atoms with E-state index in [1.807, 2.05) is 0 Å². The quantitative estimate of drug-likeness (QED) is 0.479. The van der Waals surface area contributed by atoms with Crippen LogP contribution < -0.4 is 9.47 Å². The molecule has 7 heteroatoms. The molecule has 0 aliphatic rings. The highest BCUT2D eigenvalue weighted by Crippen LogP contribution is 2.37. The third-order valence-corrected chi connectivity index (χ3v) is 4.12. The second-order valence-corrected chi connectivity index (χ2v) is 6.17. The summed E-state index contributed by atoms with van der Waals surface area (Å²) in [5.41, 5.74) is 1.43. The molecule has 0 aliphatic carbocycles. The van der Waals surface area contributed by atoms with E-state index in [0.717, 1.165) is 5.56 Å². The highest BCUT2D eigenvalue weighted by atomic mass is 35.5. The fraction of sp³-hybridized carbons (Fsp3) is 0.167. The van der Waals surface area contributed by atoms with Gasteiger partial charge < -0.3 is 14.2 Å². The monoisotopic (exact) mass is 400 g/mol. The summed E-state index contributed by atoms with van der Waals surface area (Å²) in [6.07, 6.45) is 2.86. The number of benzene rings is 2. The Morgan fingerprint density at radius 1 is 1.08 bits per heavy atom. The van der Waals surface area contributed by atoms with E-state index in [0.29, 0.717) is 32.1 Å². The van der Waals surface area contributed by atoms with Crippen LogP contribution in [0.3, 0.4) is 0 Å². The SMILES string of the molecule is COC(=O)/C=C/c1cc(Cl)c(OCc2ccc(Cl)cc2Cl)c(OC)c1. The van der Waals surface area contributed by atoms with Crippen LogP contribution in [0.15, 0.2) is 36.4 Å². The molecule has 0 spiro atoms. The second kappa shape index (κ2) is 8.99. The third-order valence-electron chi connectivity index (χ3n) is 3.25. The molecule has 25 heavy (non-hydrogen) atoms. The number of halogens is 3. The van der Waals surface area contributed by atoms with Crippen LogP contribution in [0.5, 0.6) is 11.5 Å². The topological polar surface area (TPSA) is 44.8 Å². The Labute approximate surface area is 160 Å². The smallest absolute Gasteiger partial charge is 0.330 e. The molecule has 0 atom stereocenters. The van der Waals surface area contributed by atoms with Gasteiger partial charge in [0.2, 0.25) is 0 Å². The molecule has 0 bridgehead atoms. The first-order valence-corrected chi connectivity index (χ1v) is 8.28. The molecule has 0 fully saturated rings. The minimum absolute atomic E-state index is 0.198. The van der Waals surface area contributed by atoms with E-state index >= 15 is 0 Å². The molecular weight excluding hydrogens is 387 g/mol. The van der Waals surface area contributed by atoms with Crippen molar-refractivity contribution in [1.29, 1.82) is 0 Å². The van der Waals surface area contributed by atoms with Gasteiger partial charge in [-0.2, -0.15) is 0 Å². The molecule has 0 aromatic heterocycles. The Morgan fingerprint density at radius 3 is 2.48 bits per heavy atom. The summed E-state index contributed by atoms with van der Waals surface area (Å²) in [4.78, 5) is 11.2. The van der Waals surface area contributed by atoms with Crippen LogP contribution in [0.4, 0.5) is 0 Å². The van der Waals surface area contributed by atoms with E-state index in [2.05, 4.69) is 4.74 Å². The Morgan fingerprint density at radius 2 is 1.84 bits per heavy atom. The van der Waals surface area contributed by atoms with Gasteiger partial charge in [0.15, 0.2) is 11.5 Å². The third kappa shape index (κ3) is 5.30. The fourth-order valence-corrected chi connectivity index (χ4v) is 2.73. The van der Waals surface area contributed by atoms with E-state index in [-0.39, 0.29) is 6.61 Å². The van der Waals surface area contributed by atoms with Crippen LogP contribution >= 0.6 is 34.8 Å². The van der Waals surface area contributed by atoms with Crippen molar-refractivity contribution in [2.75, 3.05) is 14.2 Å². The number of methoxy groups -OCH3 is 2. The zero-order valence-corrected chi connectivity index (χ0v) is 15.8. The van der Waals surface area contributed by atoms with Crippen LogP contribution in [0.1, 0.15) is 11.1 Å². The molecular formula is C18H15Cl3O4. The summed E-state index contributed by atoms with van der Waals surface area (Å²) in [5.74, 6) is 0.347. The first-order chi connectivity index (χ1) is 11.9. The summed E-state index contributed by atoms with van der Waals surface area (Å²) >= 11 is 18.3. The average molecular weight is 402 g/mol. The van der Waals surface area contributed by atoms with Crippen molar-refractivity contribution in [3.8, 4) is 11.5 Å². The van der Waals surface area contributed by atoms with Gasteiger partial charge in [-0.3, -0.25) is 0 Å². The van der Waals surface area contributed by atoms with Crippen LogP contribution in [0.25, 0.3) is 6.08 Å². The van der Waals surface area contributed by atoms with Crippen molar-refractivity contribution in [1.82, 2.24) is 0 Å². The maximum absolute atomic E-state index is 11.2. The maximum atomic E-state index is 11.2. The molecule has 0 radical (unpaired) electrons. The molecule has 0 amide bonds. The minimum Gasteiger partial charge on any atom is -0.493 e. The van der Waals surface area contributed by atoms with Gasteiger partial charge in [-0.25, -0.2) is 4.79 Å². The van der Waals surface area contributed by atoms with Gasteiger partial charge in [-0.05, 0) is 35.9 Å². The number of hydrogen-bond donors (Lipinski definition) is 0. The number of rotatable bonds is 6. The highest BCUT2D eigenvalue weighted by Gasteiger charge is 2.13. The van der Waals surface area contributed by atoms with Gasteiger partial charge in [0.1, 0.15) is 6.61 Å². The summed E-state index contributed by atoms with van der Waals surface area (Å²) in [5, 5.41) is 1.39. The number of ether oxygens (including phenoxy) is 3. The van der Waals surface area contributed by atoms with E-state index in [1.54, 1.807) is 36.4 Å². The molecule has 2 aromatic rings. The standard InChI is InChI=1S/C18H15Cl3O4/c1-23-16-8-11(3-6-17(22)24-2)7-15(21)18(16)25-10-12-4-5-13(19)9-14(12)20/h3-9H,10H2,1-2H3/b6-3+. The number of carbonyl (C=O) groups excluding carboxylic acids is 1. The Balaban J connectivity index is 2.22. The summed E-state index contributed by atoms with van der Waals surface area (Å²) in [6, 6.07) is 8.50. The molecule has 4 nitrogen and oxygen atoms in total. The van der Waals surface area contributed by atoms with Crippen LogP contribution in [-0.2, 0) is 16.1 Å². The highest BCUT2D eigenvalue weighted by molar-refractivity contribution is 6.35. The number of carbonyl (C=O) groups is 1. The first kappa shape index (κ1) is 19.4. The zero-order valence-electron chi connectivity index (χ0n) is 13.5. The van der Waals surface area contributed by atoms with Gasteiger partial charge in [0.05, 0.1) is 19.2 Å². The zero-order chi connectivity index (χ0) is 18.4. The lowest BCUT2D eigenvalue weighted by atomic mass is 10.2. The molecule has 0 aliphatic heterocycles. The Kier molecular flexibility index (Phi) is 7.00. The average Bonchev–Trinajstić information content (AvgIpc) is 2.59.